The molecule has 4 nitrogen and oxygen atoms in total. The molecule has 0 radical (unpaired) electrons. The number of halogens is 2. The summed E-state index contributed by atoms with van der Waals surface area (Å²) in [5.74, 6) is 1.56. The van der Waals surface area contributed by atoms with Gasteiger partial charge in [-0.15, -0.1) is 12.3 Å². The van der Waals surface area contributed by atoms with E-state index in [2.05, 4.69) is 10.6 Å². The zero-order valence-corrected chi connectivity index (χ0v) is 11.1. The first-order valence-corrected chi connectivity index (χ1v) is 6.84. The van der Waals surface area contributed by atoms with Crippen LogP contribution < -0.4 is 10.5 Å². The smallest absolute Gasteiger partial charge is 0.242 e. The molecule has 98 valence electrons. The molecule has 3 N–H and O–H groups in total. The molecule has 1 aromatic rings. The molecular formula is C11H12ClFN2O2S. The second-order valence-electron chi connectivity index (χ2n) is 3.73. The van der Waals surface area contributed by atoms with Crippen LogP contribution >= 0.6 is 11.6 Å². The summed E-state index contributed by atoms with van der Waals surface area (Å²) in [6, 6.07) is 1.38. The zero-order valence-electron chi connectivity index (χ0n) is 9.57. The first-order valence-electron chi connectivity index (χ1n) is 4.98. The summed E-state index contributed by atoms with van der Waals surface area (Å²) in [5.41, 5.74) is 5.03. The van der Waals surface area contributed by atoms with Crippen molar-refractivity contribution in [1.82, 2.24) is 4.72 Å². The highest BCUT2D eigenvalue weighted by Gasteiger charge is 2.21. The van der Waals surface area contributed by atoms with Crippen LogP contribution in [0.25, 0.3) is 0 Å². The first kappa shape index (κ1) is 14.8. The summed E-state index contributed by atoms with van der Waals surface area (Å²) in [4.78, 5) is -0.271. The minimum atomic E-state index is -3.88. The maximum Gasteiger partial charge on any atom is 0.242 e. The Hall–Kier alpha value is -1.29. The molecule has 1 unspecified atom stereocenters. The van der Waals surface area contributed by atoms with Gasteiger partial charge in [0.05, 0.1) is 10.7 Å². The van der Waals surface area contributed by atoms with Crippen LogP contribution in [-0.2, 0) is 10.0 Å². The SMILES string of the molecule is C#CCC(C)NS(=O)(=O)c1cc(N)c(F)cc1Cl. The van der Waals surface area contributed by atoms with Gasteiger partial charge in [-0.1, -0.05) is 11.6 Å². The number of terminal acetylenes is 1. The van der Waals surface area contributed by atoms with Gasteiger partial charge >= 0.3 is 0 Å². The lowest BCUT2D eigenvalue weighted by Crippen LogP contribution is -2.32. The van der Waals surface area contributed by atoms with Crippen molar-refractivity contribution in [1.29, 1.82) is 0 Å². The average Bonchev–Trinajstić information content (AvgIpc) is 2.22. The number of rotatable bonds is 4. The third-order valence-corrected chi connectivity index (χ3v) is 4.18. The summed E-state index contributed by atoms with van der Waals surface area (Å²) in [5, 5.41) is -0.234. The molecule has 7 heteroatoms. The van der Waals surface area contributed by atoms with Gasteiger partial charge in [0.2, 0.25) is 10.0 Å². The molecule has 18 heavy (non-hydrogen) atoms. The molecule has 0 aliphatic heterocycles. The molecule has 0 fully saturated rings. The van der Waals surface area contributed by atoms with Crippen LogP contribution in [0.5, 0.6) is 0 Å². The summed E-state index contributed by atoms with van der Waals surface area (Å²) in [6.45, 7) is 1.61. The normalized spacial score (nSPS) is 13.0. The van der Waals surface area contributed by atoms with Crippen LogP contribution in [-0.4, -0.2) is 14.5 Å². The largest absolute Gasteiger partial charge is 0.396 e. The molecule has 0 amide bonds. The molecule has 1 aromatic carbocycles. The number of nitrogens with one attached hydrogen (secondary N) is 1. The number of benzene rings is 1. The summed E-state index contributed by atoms with van der Waals surface area (Å²) in [7, 11) is -3.88. The van der Waals surface area contributed by atoms with Gasteiger partial charge in [0.25, 0.3) is 0 Å². The van der Waals surface area contributed by atoms with E-state index in [1.165, 1.54) is 0 Å². The minimum absolute atomic E-state index is 0.230. The van der Waals surface area contributed by atoms with E-state index in [0.717, 1.165) is 12.1 Å². The fourth-order valence-corrected chi connectivity index (χ4v) is 3.09. The number of nitrogens with two attached hydrogens (primary N) is 1. The third-order valence-electron chi connectivity index (χ3n) is 2.12. The number of hydrogen-bond acceptors (Lipinski definition) is 3. The summed E-state index contributed by atoms with van der Waals surface area (Å²) >= 11 is 5.69. The average molecular weight is 291 g/mol. The van der Waals surface area contributed by atoms with E-state index in [4.69, 9.17) is 23.8 Å². The lowest BCUT2D eigenvalue weighted by Gasteiger charge is -2.13. The first-order chi connectivity index (χ1) is 8.27. The van der Waals surface area contributed by atoms with Gasteiger partial charge in [-0.3, -0.25) is 0 Å². The highest BCUT2D eigenvalue weighted by atomic mass is 35.5. The minimum Gasteiger partial charge on any atom is -0.396 e. The van der Waals surface area contributed by atoms with Crippen molar-refractivity contribution in [2.75, 3.05) is 5.73 Å². The molecule has 0 bridgehead atoms. The van der Waals surface area contributed by atoms with E-state index in [1.807, 2.05) is 0 Å². The highest BCUT2D eigenvalue weighted by molar-refractivity contribution is 7.89. The Morgan fingerprint density at radius 3 is 2.78 bits per heavy atom. The Morgan fingerprint density at radius 1 is 1.61 bits per heavy atom. The van der Waals surface area contributed by atoms with Gasteiger partial charge in [-0.25, -0.2) is 17.5 Å². The second-order valence-corrected chi connectivity index (χ2v) is 5.82. The van der Waals surface area contributed by atoms with Crippen molar-refractivity contribution in [3.05, 3.63) is 23.0 Å². The molecule has 0 aliphatic rings. The lowest BCUT2D eigenvalue weighted by atomic mass is 10.3. The molecule has 0 saturated heterocycles. The quantitative estimate of drug-likeness (QED) is 0.655. The number of hydrogen-bond donors (Lipinski definition) is 2. The molecule has 0 aromatic heterocycles. The van der Waals surface area contributed by atoms with Crippen LogP contribution in [0.1, 0.15) is 13.3 Å². The van der Waals surface area contributed by atoms with Gasteiger partial charge in [0.1, 0.15) is 10.7 Å². The molecule has 1 atom stereocenters. The predicted molar refractivity (Wildman–Crippen MR) is 69.1 cm³/mol. The van der Waals surface area contributed by atoms with E-state index in [0.29, 0.717) is 0 Å². The fraction of sp³-hybridized carbons (Fsp3) is 0.273. The van der Waals surface area contributed by atoms with E-state index in [-0.39, 0.29) is 22.0 Å². The van der Waals surface area contributed by atoms with Crippen LogP contribution in [0.2, 0.25) is 5.02 Å². The van der Waals surface area contributed by atoms with Crippen molar-refractivity contribution < 1.29 is 12.8 Å². The predicted octanol–water partition coefficient (Wildman–Crippen LogP) is 1.75. The van der Waals surface area contributed by atoms with Crippen molar-refractivity contribution in [2.24, 2.45) is 0 Å². The Labute approximate surface area is 110 Å². The lowest BCUT2D eigenvalue weighted by molar-refractivity contribution is 0.563. The summed E-state index contributed by atoms with van der Waals surface area (Å²) < 4.78 is 39.3. The fourth-order valence-electron chi connectivity index (χ4n) is 1.30. The maximum absolute atomic E-state index is 13.1. The van der Waals surface area contributed by atoms with E-state index < -0.39 is 21.9 Å². The third kappa shape index (κ3) is 3.35. The van der Waals surface area contributed by atoms with E-state index >= 15 is 0 Å². The molecular weight excluding hydrogens is 279 g/mol. The number of anilines is 1. The molecule has 0 saturated carbocycles. The van der Waals surface area contributed by atoms with E-state index in [9.17, 15) is 12.8 Å². The molecule has 0 heterocycles. The standard InChI is InChI=1S/C11H12ClFN2O2S/c1-3-4-7(2)15-18(16,17)11-6-10(14)9(13)5-8(11)12/h1,5-7,15H,4,14H2,2H3. The Balaban J connectivity index is 3.14. The van der Waals surface area contributed by atoms with Crippen LogP contribution in [0, 0.1) is 18.2 Å². The van der Waals surface area contributed by atoms with Crippen LogP contribution in [0.15, 0.2) is 17.0 Å². The van der Waals surface area contributed by atoms with Gasteiger partial charge in [-0.05, 0) is 19.1 Å². The summed E-state index contributed by atoms with van der Waals surface area (Å²) in [6.07, 6.45) is 5.31. The van der Waals surface area contributed by atoms with Gasteiger partial charge in [0.15, 0.2) is 0 Å². The van der Waals surface area contributed by atoms with Crippen LogP contribution in [0.3, 0.4) is 0 Å². The van der Waals surface area contributed by atoms with Crippen molar-refractivity contribution in [3.63, 3.8) is 0 Å². The van der Waals surface area contributed by atoms with Gasteiger partial charge in [-0.2, -0.15) is 0 Å². The van der Waals surface area contributed by atoms with Gasteiger partial charge in [0, 0.05) is 12.5 Å². The van der Waals surface area contributed by atoms with Crippen molar-refractivity contribution >= 4 is 27.3 Å². The zero-order chi connectivity index (χ0) is 13.9. The van der Waals surface area contributed by atoms with E-state index in [1.54, 1.807) is 6.92 Å². The Kier molecular flexibility index (Phi) is 4.57. The van der Waals surface area contributed by atoms with Crippen LogP contribution in [0.4, 0.5) is 10.1 Å². The number of sulfonamides is 1. The molecule has 1 rings (SSSR count). The molecule has 0 aliphatic carbocycles. The van der Waals surface area contributed by atoms with Crippen molar-refractivity contribution in [3.8, 4) is 12.3 Å². The second kappa shape index (κ2) is 5.57. The number of nitrogen functional groups attached to an aromatic ring is 1. The highest BCUT2D eigenvalue weighted by Crippen LogP contribution is 2.26. The monoisotopic (exact) mass is 290 g/mol. The Bertz CT molecular complexity index is 596. The topological polar surface area (TPSA) is 72.2 Å². The maximum atomic E-state index is 13.1. The molecule has 0 spiro atoms. The Morgan fingerprint density at radius 2 is 2.22 bits per heavy atom. The van der Waals surface area contributed by atoms with Crippen molar-refractivity contribution in [2.45, 2.75) is 24.3 Å². The van der Waals surface area contributed by atoms with Gasteiger partial charge < -0.3 is 5.73 Å².